The van der Waals surface area contributed by atoms with E-state index in [1.165, 1.54) is 48.8 Å². The van der Waals surface area contributed by atoms with Crippen molar-refractivity contribution in [2.24, 2.45) is 0 Å². The van der Waals surface area contributed by atoms with E-state index in [2.05, 4.69) is 198 Å². The molecule has 0 bridgehead atoms. The van der Waals surface area contributed by atoms with Crippen molar-refractivity contribution < 1.29 is 19.3 Å². The molecule has 9 aromatic carbocycles. The van der Waals surface area contributed by atoms with E-state index in [1.54, 1.807) is 6.07 Å². The lowest BCUT2D eigenvalue weighted by Crippen LogP contribution is -2.26. The van der Waals surface area contributed by atoms with Gasteiger partial charge in [0, 0.05) is 27.7 Å². The van der Waals surface area contributed by atoms with Gasteiger partial charge in [0.15, 0.2) is 0 Å². The molecule has 0 spiro atoms. The summed E-state index contributed by atoms with van der Waals surface area (Å²) in [7, 11) is 0. The number of ether oxygens (including phenoxy) is 3. The molecular weight excluding hydrogens is 953 g/mol. The normalized spacial score (nSPS) is 12.9. The zero-order chi connectivity index (χ0) is 54.3. The van der Waals surface area contributed by atoms with Crippen molar-refractivity contribution in [1.29, 1.82) is 0 Å². The van der Waals surface area contributed by atoms with Crippen LogP contribution in [0.5, 0.6) is 23.0 Å². The molecule has 1 atom stereocenters. The Morgan fingerprint density at radius 3 is 1.26 bits per heavy atom. The molecule has 0 amide bonds. The quantitative estimate of drug-likeness (QED) is 0.0820. The van der Waals surface area contributed by atoms with Gasteiger partial charge >= 0.3 is 0 Å². The van der Waals surface area contributed by atoms with Gasteiger partial charge in [-0.25, -0.2) is 0 Å². The monoisotopic (exact) mass is 1020 g/mol. The number of para-hydroxylation sites is 2. The fourth-order valence-corrected chi connectivity index (χ4v) is 10.3. The summed E-state index contributed by atoms with van der Waals surface area (Å²) >= 11 is 0. The molecule has 1 saturated carbocycles. The second kappa shape index (κ2) is 25.8. The number of aryl methyl sites for hydroxylation is 1. The van der Waals surface area contributed by atoms with Gasteiger partial charge in [-0.3, -0.25) is 0 Å². The number of rotatable bonds is 19. The van der Waals surface area contributed by atoms with Gasteiger partial charge in [-0.2, -0.15) is 0 Å². The topological polar surface area (TPSA) is 47.9 Å². The minimum absolute atomic E-state index is 0.185. The zero-order valence-electron chi connectivity index (χ0n) is 45.2. The predicted octanol–water partition coefficient (Wildman–Crippen LogP) is 19.4. The Labute approximate surface area is 463 Å². The van der Waals surface area contributed by atoms with E-state index in [1.807, 2.05) is 66.8 Å². The molecule has 0 aromatic heterocycles. The number of hydrogen-bond acceptors (Lipinski definition) is 4. The Bertz CT molecular complexity index is 3450. The molecule has 0 radical (unpaired) electrons. The molecule has 1 unspecified atom stereocenters. The van der Waals surface area contributed by atoms with Gasteiger partial charge in [0.2, 0.25) is 0 Å². The molecule has 10 rings (SSSR count). The summed E-state index contributed by atoms with van der Waals surface area (Å²) < 4.78 is 20.1. The molecule has 1 aliphatic rings. The molecular formula is C74H70O4. The van der Waals surface area contributed by atoms with E-state index in [9.17, 15) is 5.11 Å². The average molecular weight is 1020 g/mol. The van der Waals surface area contributed by atoms with Crippen LogP contribution in [0.1, 0.15) is 112 Å². The van der Waals surface area contributed by atoms with Crippen molar-refractivity contribution >= 4 is 24.3 Å². The van der Waals surface area contributed by atoms with Crippen molar-refractivity contribution in [3.05, 3.63) is 299 Å². The molecule has 0 saturated heterocycles. The van der Waals surface area contributed by atoms with Gasteiger partial charge in [-0.1, -0.05) is 245 Å². The fourth-order valence-electron chi connectivity index (χ4n) is 10.3. The summed E-state index contributed by atoms with van der Waals surface area (Å²) in [6.07, 6.45) is 13.7. The van der Waals surface area contributed by atoms with Gasteiger partial charge in [0.05, 0.1) is 0 Å². The van der Waals surface area contributed by atoms with Crippen LogP contribution in [-0.4, -0.2) is 5.11 Å². The molecule has 1 N–H and O–H groups in total. The van der Waals surface area contributed by atoms with Gasteiger partial charge in [-0.05, 0) is 130 Å². The van der Waals surface area contributed by atoms with E-state index in [-0.39, 0.29) is 5.75 Å². The van der Waals surface area contributed by atoms with Gasteiger partial charge in [-0.15, -0.1) is 0 Å². The highest BCUT2D eigenvalue weighted by atomic mass is 16.5. The number of phenols is 1. The van der Waals surface area contributed by atoms with E-state index in [0.29, 0.717) is 37.1 Å². The summed E-state index contributed by atoms with van der Waals surface area (Å²) in [6, 6.07) is 71.2. The number of aromatic hydroxyl groups is 1. The van der Waals surface area contributed by atoms with Crippen LogP contribution in [0.2, 0.25) is 0 Å². The van der Waals surface area contributed by atoms with Gasteiger partial charge < -0.3 is 19.3 Å². The van der Waals surface area contributed by atoms with Gasteiger partial charge in [0.1, 0.15) is 42.8 Å². The Kier molecular flexibility index (Phi) is 17.8. The van der Waals surface area contributed by atoms with Crippen LogP contribution in [0.15, 0.2) is 233 Å². The third-order valence-corrected chi connectivity index (χ3v) is 15.2. The van der Waals surface area contributed by atoms with Crippen molar-refractivity contribution in [2.45, 2.75) is 77.1 Å². The third kappa shape index (κ3) is 13.0. The van der Waals surface area contributed by atoms with Gasteiger partial charge in [0.25, 0.3) is 0 Å². The molecule has 4 heteroatoms. The highest BCUT2D eigenvalue weighted by molar-refractivity contribution is 5.79. The molecule has 9 aromatic rings. The minimum atomic E-state index is -0.695. The van der Waals surface area contributed by atoms with Crippen molar-refractivity contribution in [3.63, 3.8) is 0 Å². The lowest BCUT2D eigenvalue weighted by atomic mass is 9.69. The summed E-state index contributed by atoms with van der Waals surface area (Å²) in [6.45, 7) is 20.9. The maximum Gasteiger partial charge on any atom is 0.127 e. The van der Waals surface area contributed by atoms with E-state index < -0.39 is 5.41 Å². The second-order valence-electron chi connectivity index (χ2n) is 20.3. The number of benzene rings is 9. The predicted molar refractivity (Wildman–Crippen MR) is 327 cm³/mol. The largest absolute Gasteiger partial charge is 0.507 e. The SMILES string of the molecule is C=Cc1ccc(C)cc1.C=Cc1ccc(COc2ccc(C(C)(c3ccc(C4CCCCC4)cc3)c3ccc(OCc4ccc(C=C)cc4)c(-c4ccccc4OCc4ccc(C=C)cc4)c3)cc2-c2ccccc2O)cc1. The van der Waals surface area contributed by atoms with Crippen molar-refractivity contribution in [1.82, 2.24) is 0 Å². The first-order valence-electron chi connectivity index (χ1n) is 27.1. The maximum absolute atomic E-state index is 11.4. The maximum atomic E-state index is 11.4. The first-order chi connectivity index (χ1) is 38.1. The molecule has 390 valence electrons. The lowest BCUT2D eigenvalue weighted by Gasteiger charge is -2.34. The van der Waals surface area contributed by atoms with E-state index >= 15 is 0 Å². The molecule has 0 heterocycles. The van der Waals surface area contributed by atoms with Crippen LogP contribution in [0, 0.1) is 6.92 Å². The number of phenolic OH excluding ortho intramolecular Hbond substituents is 1. The standard InChI is InChI=1S/C65H60O4.C9H10/c1-5-46-21-27-49(28-22-46)43-67-62-20-14-12-18-58(62)60-42-56(38-40-64(60)69-45-51-31-25-48(7-3)26-32-51)65(4,54-35-33-53(34-36-54)52-15-9-8-10-16-52)55-37-39-63(59(41-55)57-17-11-13-19-61(57)66)68-44-50-29-23-47(6-2)24-30-50;1-3-9-6-4-8(2)5-7-9/h5-7,11-14,17-42,52,66H,1-3,8-10,15-16,43-45H2,4H3;3-7H,1H2,2H3. The van der Waals surface area contributed by atoms with Crippen LogP contribution in [0.3, 0.4) is 0 Å². The summed E-state index contributed by atoms with van der Waals surface area (Å²) in [5, 5.41) is 11.4. The first-order valence-corrected chi connectivity index (χ1v) is 27.1. The van der Waals surface area contributed by atoms with Crippen LogP contribution in [-0.2, 0) is 25.2 Å². The summed E-state index contributed by atoms with van der Waals surface area (Å²) in [5.74, 6) is 2.93. The van der Waals surface area contributed by atoms with Crippen molar-refractivity contribution in [3.8, 4) is 45.3 Å². The highest BCUT2D eigenvalue weighted by Gasteiger charge is 2.34. The Morgan fingerprint density at radius 1 is 0.423 bits per heavy atom. The number of hydrogen-bond donors (Lipinski definition) is 1. The molecule has 4 nitrogen and oxygen atoms in total. The Morgan fingerprint density at radius 2 is 0.808 bits per heavy atom. The fraction of sp³-hybridized carbons (Fsp3) is 0.162. The van der Waals surface area contributed by atoms with E-state index in [0.717, 1.165) is 78.3 Å². The van der Waals surface area contributed by atoms with Crippen molar-refractivity contribution in [2.75, 3.05) is 0 Å². The van der Waals surface area contributed by atoms with Crippen LogP contribution < -0.4 is 14.2 Å². The summed E-state index contributed by atoms with van der Waals surface area (Å²) in [5.41, 5.74) is 16.1. The molecule has 1 fully saturated rings. The smallest absolute Gasteiger partial charge is 0.127 e. The first kappa shape index (κ1) is 53.9. The molecule has 1 aliphatic carbocycles. The minimum Gasteiger partial charge on any atom is -0.507 e. The van der Waals surface area contributed by atoms with Crippen LogP contribution in [0.25, 0.3) is 46.6 Å². The highest BCUT2D eigenvalue weighted by Crippen LogP contribution is 2.48. The van der Waals surface area contributed by atoms with Crippen LogP contribution in [0.4, 0.5) is 0 Å². The average Bonchev–Trinajstić information content (AvgIpc) is 3.66. The second-order valence-corrected chi connectivity index (χ2v) is 20.3. The Balaban J connectivity index is 0.000000747. The van der Waals surface area contributed by atoms with Crippen LogP contribution >= 0.6 is 0 Å². The summed E-state index contributed by atoms with van der Waals surface area (Å²) in [4.78, 5) is 0. The zero-order valence-corrected chi connectivity index (χ0v) is 45.2. The van der Waals surface area contributed by atoms with E-state index in [4.69, 9.17) is 14.2 Å². The molecule has 0 aliphatic heterocycles. The molecule has 78 heavy (non-hydrogen) atoms. The third-order valence-electron chi connectivity index (χ3n) is 15.2. The lowest BCUT2D eigenvalue weighted by molar-refractivity contribution is 0.303. The Hall–Kier alpha value is -8.86.